The van der Waals surface area contributed by atoms with Crippen LogP contribution in [0.15, 0.2) is 0 Å². The molecular formula is C12H26Na2. The Balaban J connectivity index is 0. The molecule has 0 aromatic heterocycles. The summed E-state index contributed by atoms with van der Waals surface area (Å²) in [6.45, 7) is 2.29. The minimum absolute atomic E-state index is 0. The van der Waals surface area contributed by atoms with Crippen molar-refractivity contribution in [1.29, 1.82) is 0 Å². The van der Waals surface area contributed by atoms with E-state index in [1.807, 2.05) is 0 Å². The molecule has 0 unspecified atom stereocenters. The van der Waals surface area contributed by atoms with Crippen molar-refractivity contribution in [2.75, 3.05) is 0 Å². The first kappa shape index (κ1) is 18.4. The maximum atomic E-state index is 2.29. The van der Waals surface area contributed by atoms with Crippen molar-refractivity contribution in [3.05, 3.63) is 0 Å². The Morgan fingerprint density at radius 3 is 1.36 bits per heavy atom. The average Bonchev–Trinajstić information content (AvgIpc) is 2.16. The molecule has 2 heteroatoms. The van der Waals surface area contributed by atoms with Gasteiger partial charge in [0.2, 0.25) is 0 Å². The van der Waals surface area contributed by atoms with E-state index in [0.29, 0.717) is 0 Å². The average molecular weight is 216 g/mol. The fourth-order valence-corrected chi connectivity index (χ4v) is 2.24. The summed E-state index contributed by atoms with van der Waals surface area (Å²) in [5, 5.41) is 0. The third-order valence-corrected chi connectivity index (χ3v) is 3.41. The van der Waals surface area contributed by atoms with E-state index >= 15 is 0 Å². The zero-order valence-electron chi connectivity index (χ0n) is 9.78. The standard InChI is InChI=1S/C12H25.2Na.H/c1-3-5-7-9-11-12-10-8-6-4-2;;;/h1,3-12H2,2H3;;;. The van der Waals surface area contributed by atoms with E-state index in [4.69, 9.17) is 0 Å². The predicted octanol–water partition coefficient (Wildman–Crippen LogP) is 3.85. The van der Waals surface area contributed by atoms with Crippen LogP contribution >= 0.6 is 0 Å². The second-order valence-corrected chi connectivity index (χ2v) is 5.18. The third-order valence-electron chi connectivity index (χ3n) is 2.71. The fraction of sp³-hybridized carbons (Fsp3) is 1.00. The van der Waals surface area contributed by atoms with E-state index < -0.39 is 0 Å². The van der Waals surface area contributed by atoms with Gasteiger partial charge in [0, 0.05) is 0 Å². The molecule has 0 aliphatic rings. The van der Waals surface area contributed by atoms with E-state index in [0.717, 1.165) is 0 Å². The second-order valence-electron chi connectivity index (χ2n) is 4.18. The van der Waals surface area contributed by atoms with Gasteiger partial charge in [0.1, 0.15) is 0 Å². The van der Waals surface area contributed by atoms with Crippen molar-refractivity contribution < 1.29 is 0 Å². The van der Waals surface area contributed by atoms with Crippen LogP contribution in [0.1, 0.15) is 71.1 Å². The molecule has 0 aromatic rings. The Labute approximate surface area is 131 Å². The molecule has 0 saturated heterocycles. The van der Waals surface area contributed by atoms with Crippen LogP contribution < -0.4 is 0 Å². The van der Waals surface area contributed by atoms with Crippen molar-refractivity contribution in [3.63, 3.8) is 0 Å². The molecule has 0 atom stereocenters. The zero-order chi connectivity index (χ0) is 9.78. The first-order chi connectivity index (χ1) is 6.41. The number of unbranched alkanes of at least 4 members (excludes halogenated alkanes) is 9. The van der Waals surface area contributed by atoms with Crippen LogP contribution in [0.2, 0.25) is 3.67 Å². The van der Waals surface area contributed by atoms with Gasteiger partial charge in [0.25, 0.3) is 0 Å². The first-order valence-electron chi connectivity index (χ1n) is 6.41. The molecule has 0 aliphatic carbocycles. The van der Waals surface area contributed by atoms with Gasteiger partial charge >= 0.3 is 132 Å². The Hall–Kier alpha value is 2.00. The van der Waals surface area contributed by atoms with E-state index in [9.17, 15) is 0 Å². The monoisotopic (exact) mass is 216 g/mol. The van der Waals surface area contributed by atoms with Gasteiger partial charge in [-0.05, 0) is 0 Å². The number of hydrogen-bond acceptors (Lipinski definition) is 0. The summed E-state index contributed by atoms with van der Waals surface area (Å²) in [6.07, 6.45) is 14.7. The SMILES string of the molecule is CCCCCCCCCCC[CH2][Na].[NaH]. The molecule has 0 radical (unpaired) electrons. The van der Waals surface area contributed by atoms with Crippen molar-refractivity contribution in [2.45, 2.75) is 74.8 Å². The van der Waals surface area contributed by atoms with Crippen LogP contribution in [0.4, 0.5) is 0 Å². The van der Waals surface area contributed by atoms with E-state index in [1.54, 1.807) is 0 Å². The molecule has 0 heterocycles. The normalized spacial score (nSPS) is 9.93. The minimum atomic E-state index is 0. The Morgan fingerprint density at radius 2 is 1.00 bits per heavy atom. The van der Waals surface area contributed by atoms with E-state index in [1.165, 1.54) is 95.8 Å². The van der Waals surface area contributed by atoms with Crippen LogP contribution in [0.5, 0.6) is 0 Å². The predicted molar refractivity (Wildman–Crippen MR) is 69.6 cm³/mol. The molecular weight excluding hydrogens is 190 g/mol. The molecule has 0 spiro atoms. The van der Waals surface area contributed by atoms with Gasteiger partial charge in [-0.15, -0.1) is 0 Å². The van der Waals surface area contributed by atoms with E-state index in [-0.39, 0.29) is 29.6 Å². The summed E-state index contributed by atoms with van der Waals surface area (Å²) in [5.74, 6) is 0. The molecule has 0 aromatic carbocycles. The van der Waals surface area contributed by atoms with Gasteiger partial charge in [-0.3, -0.25) is 0 Å². The zero-order valence-corrected chi connectivity index (χ0v) is 11.8. The maximum absolute atomic E-state index is 2.29. The van der Waals surface area contributed by atoms with Gasteiger partial charge < -0.3 is 0 Å². The van der Waals surface area contributed by atoms with Crippen LogP contribution in [0, 0.1) is 0 Å². The molecule has 76 valence electrons. The molecule has 0 nitrogen and oxygen atoms in total. The second kappa shape index (κ2) is 17.4. The number of rotatable bonds is 10. The summed E-state index contributed by atoms with van der Waals surface area (Å²) >= 11 is 1.41. The van der Waals surface area contributed by atoms with Crippen molar-refractivity contribution in [1.82, 2.24) is 0 Å². The van der Waals surface area contributed by atoms with Gasteiger partial charge in [-0.2, -0.15) is 0 Å². The topological polar surface area (TPSA) is 0 Å². The molecule has 14 heavy (non-hydrogen) atoms. The Kier molecular flexibility index (Phi) is 22.8. The summed E-state index contributed by atoms with van der Waals surface area (Å²) in [7, 11) is 0. The van der Waals surface area contributed by atoms with Crippen LogP contribution in [-0.2, 0) is 0 Å². The fourth-order valence-electron chi connectivity index (χ4n) is 1.74. The van der Waals surface area contributed by atoms with Crippen molar-refractivity contribution in [2.24, 2.45) is 0 Å². The molecule has 0 amide bonds. The van der Waals surface area contributed by atoms with Gasteiger partial charge in [-0.1, -0.05) is 0 Å². The van der Waals surface area contributed by atoms with Gasteiger partial charge in [0.05, 0.1) is 0 Å². The van der Waals surface area contributed by atoms with Crippen LogP contribution in [0.25, 0.3) is 0 Å². The molecule has 0 saturated carbocycles. The van der Waals surface area contributed by atoms with E-state index in [2.05, 4.69) is 6.92 Å². The molecule has 0 rings (SSSR count). The van der Waals surface area contributed by atoms with Crippen LogP contribution in [0.3, 0.4) is 0 Å². The number of hydrogen-bond donors (Lipinski definition) is 0. The van der Waals surface area contributed by atoms with Gasteiger partial charge in [-0.25, -0.2) is 0 Å². The summed E-state index contributed by atoms with van der Waals surface area (Å²) in [5.41, 5.74) is 0. The van der Waals surface area contributed by atoms with Crippen molar-refractivity contribution >= 4 is 57.5 Å². The molecule has 0 bridgehead atoms. The summed E-state index contributed by atoms with van der Waals surface area (Å²) < 4.78 is 1.51. The summed E-state index contributed by atoms with van der Waals surface area (Å²) in [4.78, 5) is 0. The third kappa shape index (κ3) is 16.4. The quantitative estimate of drug-likeness (QED) is 0.384. The Morgan fingerprint density at radius 1 is 0.643 bits per heavy atom. The molecule has 0 fully saturated rings. The molecule has 0 N–H and O–H groups in total. The van der Waals surface area contributed by atoms with Crippen LogP contribution in [-0.4, -0.2) is 57.5 Å². The van der Waals surface area contributed by atoms with Gasteiger partial charge in [0.15, 0.2) is 0 Å². The summed E-state index contributed by atoms with van der Waals surface area (Å²) in [6, 6.07) is 0. The molecule has 0 aliphatic heterocycles. The Bertz CT molecular complexity index is 74.4. The van der Waals surface area contributed by atoms with Crippen molar-refractivity contribution in [3.8, 4) is 0 Å². The first-order valence-corrected chi connectivity index (χ1v) is 7.83.